The number of carbonyl (C=O) groups is 1. The SMILES string of the molecule is CS(=O)(=O)CCC(N)C(=O)NCC1CC(O)C1. The van der Waals surface area contributed by atoms with E-state index >= 15 is 0 Å². The summed E-state index contributed by atoms with van der Waals surface area (Å²) in [6.45, 7) is 0.502. The van der Waals surface area contributed by atoms with Gasteiger partial charge in [0, 0.05) is 12.8 Å². The van der Waals surface area contributed by atoms with Gasteiger partial charge < -0.3 is 16.2 Å². The van der Waals surface area contributed by atoms with Gasteiger partial charge in [0.2, 0.25) is 5.91 Å². The fourth-order valence-electron chi connectivity index (χ4n) is 1.72. The Morgan fingerprint density at radius 3 is 2.59 bits per heavy atom. The van der Waals surface area contributed by atoms with E-state index in [1.807, 2.05) is 0 Å². The number of hydrogen-bond donors (Lipinski definition) is 3. The van der Waals surface area contributed by atoms with Crippen LogP contribution in [0.2, 0.25) is 0 Å². The van der Waals surface area contributed by atoms with Crippen LogP contribution in [-0.4, -0.2) is 50.1 Å². The van der Waals surface area contributed by atoms with Gasteiger partial charge in [-0.25, -0.2) is 8.42 Å². The summed E-state index contributed by atoms with van der Waals surface area (Å²) >= 11 is 0. The molecule has 17 heavy (non-hydrogen) atoms. The number of hydrogen-bond acceptors (Lipinski definition) is 5. The van der Waals surface area contributed by atoms with Gasteiger partial charge in [-0.1, -0.05) is 0 Å². The summed E-state index contributed by atoms with van der Waals surface area (Å²) in [5, 5.41) is 11.7. The molecule has 0 saturated heterocycles. The Morgan fingerprint density at radius 2 is 2.12 bits per heavy atom. The lowest BCUT2D eigenvalue weighted by Crippen LogP contribution is -2.45. The zero-order valence-electron chi connectivity index (χ0n) is 9.93. The zero-order valence-corrected chi connectivity index (χ0v) is 10.7. The molecule has 0 aromatic rings. The van der Waals surface area contributed by atoms with Crippen molar-refractivity contribution in [2.75, 3.05) is 18.6 Å². The summed E-state index contributed by atoms with van der Waals surface area (Å²) in [6.07, 6.45) is 2.43. The minimum atomic E-state index is -3.08. The van der Waals surface area contributed by atoms with E-state index in [0.29, 0.717) is 25.3 Å². The van der Waals surface area contributed by atoms with E-state index in [1.54, 1.807) is 0 Å². The molecule has 1 atom stereocenters. The van der Waals surface area contributed by atoms with Crippen molar-refractivity contribution >= 4 is 15.7 Å². The maximum Gasteiger partial charge on any atom is 0.236 e. The Balaban J connectivity index is 2.18. The Hall–Kier alpha value is -0.660. The molecule has 1 unspecified atom stereocenters. The molecule has 0 bridgehead atoms. The molecule has 1 saturated carbocycles. The van der Waals surface area contributed by atoms with Crippen molar-refractivity contribution in [3.05, 3.63) is 0 Å². The van der Waals surface area contributed by atoms with Crippen LogP contribution >= 0.6 is 0 Å². The van der Waals surface area contributed by atoms with Crippen LogP contribution in [0, 0.1) is 5.92 Å². The Morgan fingerprint density at radius 1 is 1.53 bits per heavy atom. The molecule has 7 heteroatoms. The average molecular weight is 264 g/mol. The number of amides is 1. The van der Waals surface area contributed by atoms with E-state index in [4.69, 9.17) is 10.8 Å². The Labute approximate surface area is 101 Å². The van der Waals surface area contributed by atoms with Crippen LogP contribution in [0.25, 0.3) is 0 Å². The molecule has 1 amide bonds. The number of aliphatic hydroxyl groups is 1. The molecule has 1 aliphatic carbocycles. The van der Waals surface area contributed by atoms with Gasteiger partial charge in [0.25, 0.3) is 0 Å². The number of carbonyl (C=O) groups excluding carboxylic acids is 1. The van der Waals surface area contributed by atoms with Gasteiger partial charge >= 0.3 is 0 Å². The fourth-order valence-corrected chi connectivity index (χ4v) is 2.40. The number of nitrogens with two attached hydrogens (primary N) is 1. The third kappa shape index (κ3) is 5.47. The highest BCUT2D eigenvalue weighted by Gasteiger charge is 2.27. The standard InChI is InChI=1S/C10H20N2O4S/c1-17(15,16)3-2-9(11)10(14)12-6-7-4-8(13)5-7/h7-9,13H,2-6,11H2,1H3,(H,12,14). The van der Waals surface area contributed by atoms with Crippen molar-refractivity contribution < 1.29 is 18.3 Å². The normalized spacial score (nSPS) is 26.1. The van der Waals surface area contributed by atoms with Gasteiger partial charge in [0.1, 0.15) is 9.84 Å². The van der Waals surface area contributed by atoms with Gasteiger partial charge in [-0.05, 0) is 25.2 Å². The number of sulfone groups is 1. The van der Waals surface area contributed by atoms with Crippen molar-refractivity contribution in [2.45, 2.75) is 31.4 Å². The van der Waals surface area contributed by atoms with Crippen LogP contribution in [0.3, 0.4) is 0 Å². The number of rotatable bonds is 6. The first-order chi connectivity index (χ1) is 7.78. The van der Waals surface area contributed by atoms with Crippen LogP contribution in [0.4, 0.5) is 0 Å². The number of nitrogens with one attached hydrogen (secondary N) is 1. The lowest BCUT2D eigenvalue weighted by molar-refractivity contribution is -0.123. The second-order valence-corrected chi connectivity index (χ2v) is 7.02. The second-order valence-electron chi connectivity index (χ2n) is 4.76. The van der Waals surface area contributed by atoms with E-state index in [9.17, 15) is 13.2 Å². The molecule has 0 spiro atoms. The van der Waals surface area contributed by atoms with Crippen molar-refractivity contribution in [2.24, 2.45) is 11.7 Å². The minimum absolute atomic E-state index is 0.0796. The Kier molecular flexibility index (Phi) is 4.91. The van der Waals surface area contributed by atoms with Crippen molar-refractivity contribution in [1.82, 2.24) is 5.32 Å². The highest BCUT2D eigenvalue weighted by Crippen LogP contribution is 2.25. The molecule has 0 heterocycles. The summed E-state index contributed by atoms with van der Waals surface area (Å²) in [5.74, 6) is -0.0879. The molecular weight excluding hydrogens is 244 g/mol. The lowest BCUT2D eigenvalue weighted by Gasteiger charge is -2.31. The van der Waals surface area contributed by atoms with Crippen molar-refractivity contribution in [3.63, 3.8) is 0 Å². The molecule has 4 N–H and O–H groups in total. The largest absolute Gasteiger partial charge is 0.393 e. The summed E-state index contributed by atoms with van der Waals surface area (Å²) in [5.41, 5.74) is 5.57. The van der Waals surface area contributed by atoms with E-state index in [1.165, 1.54) is 0 Å². The lowest BCUT2D eigenvalue weighted by atomic mass is 9.82. The number of aliphatic hydroxyl groups excluding tert-OH is 1. The van der Waals surface area contributed by atoms with E-state index < -0.39 is 15.9 Å². The van der Waals surface area contributed by atoms with Crippen LogP contribution in [0.1, 0.15) is 19.3 Å². The summed E-state index contributed by atoms with van der Waals surface area (Å²) in [6, 6.07) is -0.783. The predicted octanol–water partition coefficient (Wildman–Crippen LogP) is -1.36. The first-order valence-electron chi connectivity index (χ1n) is 5.67. The van der Waals surface area contributed by atoms with Crippen LogP contribution in [-0.2, 0) is 14.6 Å². The van der Waals surface area contributed by atoms with Crippen molar-refractivity contribution in [1.29, 1.82) is 0 Å². The molecule has 100 valence electrons. The highest BCUT2D eigenvalue weighted by atomic mass is 32.2. The smallest absolute Gasteiger partial charge is 0.236 e. The predicted molar refractivity (Wildman–Crippen MR) is 64.0 cm³/mol. The molecule has 0 aromatic heterocycles. The maximum absolute atomic E-state index is 11.5. The first-order valence-corrected chi connectivity index (χ1v) is 7.73. The van der Waals surface area contributed by atoms with Gasteiger partial charge in [-0.2, -0.15) is 0 Å². The summed E-state index contributed by atoms with van der Waals surface area (Å²) < 4.78 is 21.8. The van der Waals surface area contributed by atoms with Gasteiger partial charge in [0.15, 0.2) is 0 Å². The average Bonchev–Trinajstić information content (AvgIpc) is 2.17. The minimum Gasteiger partial charge on any atom is -0.393 e. The third-order valence-electron chi connectivity index (χ3n) is 2.91. The molecule has 0 aliphatic heterocycles. The molecule has 1 rings (SSSR count). The van der Waals surface area contributed by atoms with Gasteiger partial charge in [-0.15, -0.1) is 0 Å². The monoisotopic (exact) mass is 264 g/mol. The Bertz CT molecular complexity index is 363. The highest BCUT2D eigenvalue weighted by molar-refractivity contribution is 7.90. The molecule has 1 fully saturated rings. The molecule has 6 nitrogen and oxygen atoms in total. The van der Waals surface area contributed by atoms with Crippen LogP contribution in [0.5, 0.6) is 0 Å². The zero-order chi connectivity index (χ0) is 13.1. The summed E-state index contributed by atoms with van der Waals surface area (Å²) in [4.78, 5) is 11.5. The summed E-state index contributed by atoms with van der Waals surface area (Å²) in [7, 11) is -3.08. The third-order valence-corrected chi connectivity index (χ3v) is 3.89. The van der Waals surface area contributed by atoms with Crippen LogP contribution < -0.4 is 11.1 Å². The fraction of sp³-hybridized carbons (Fsp3) is 0.900. The second kappa shape index (κ2) is 5.79. The molecule has 1 aliphatic rings. The van der Waals surface area contributed by atoms with E-state index in [0.717, 1.165) is 6.26 Å². The first kappa shape index (κ1) is 14.4. The topological polar surface area (TPSA) is 109 Å². The van der Waals surface area contributed by atoms with E-state index in [-0.39, 0.29) is 24.2 Å². The quantitative estimate of drug-likeness (QED) is 0.548. The van der Waals surface area contributed by atoms with Gasteiger partial charge in [-0.3, -0.25) is 4.79 Å². The van der Waals surface area contributed by atoms with E-state index in [2.05, 4.69) is 5.32 Å². The maximum atomic E-state index is 11.5. The molecule has 0 radical (unpaired) electrons. The van der Waals surface area contributed by atoms with Crippen LogP contribution in [0.15, 0.2) is 0 Å². The molecular formula is C10H20N2O4S. The van der Waals surface area contributed by atoms with Crippen molar-refractivity contribution in [3.8, 4) is 0 Å². The molecule has 0 aromatic carbocycles. The van der Waals surface area contributed by atoms with Gasteiger partial charge in [0.05, 0.1) is 17.9 Å².